The zero-order chi connectivity index (χ0) is 20.1. The first-order valence-corrected chi connectivity index (χ1v) is 11.6. The van der Waals surface area contributed by atoms with Crippen LogP contribution in [0.3, 0.4) is 0 Å². The van der Waals surface area contributed by atoms with Gasteiger partial charge < -0.3 is 4.74 Å². The predicted molar refractivity (Wildman–Crippen MR) is 123 cm³/mol. The van der Waals surface area contributed by atoms with Gasteiger partial charge in [0, 0.05) is 26.9 Å². The third-order valence-corrected chi connectivity index (χ3v) is 7.21. The maximum absolute atomic E-state index is 6.48. The Bertz CT molecular complexity index is 1090. The Kier molecular flexibility index (Phi) is 4.75. The van der Waals surface area contributed by atoms with Gasteiger partial charge in [-0.05, 0) is 48.7 Å². The molecule has 148 valence electrons. The first-order valence-electron chi connectivity index (χ1n) is 9.98. The summed E-state index contributed by atoms with van der Waals surface area (Å²) >= 11 is 5.43. The van der Waals surface area contributed by atoms with Crippen molar-refractivity contribution in [3.8, 4) is 5.75 Å². The summed E-state index contributed by atoms with van der Waals surface area (Å²) < 4.78 is 7.55. The van der Waals surface area contributed by atoms with Crippen molar-refractivity contribution in [1.82, 2.24) is 5.01 Å². The van der Waals surface area contributed by atoms with Gasteiger partial charge in [0.2, 0.25) is 6.23 Å². The number of hydrogen-bond acceptors (Lipinski definition) is 4. The highest BCUT2D eigenvalue weighted by molar-refractivity contribution is 9.10. The van der Waals surface area contributed by atoms with Gasteiger partial charge in [-0.1, -0.05) is 54.0 Å². The molecule has 0 spiro atoms. The van der Waals surface area contributed by atoms with Crippen LogP contribution in [-0.4, -0.2) is 10.7 Å². The minimum Gasteiger partial charge on any atom is -0.464 e. The molecule has 3 heterocycles. The largest absolute Gasteiger partial charge is 0.464 e. The van der Waals surface area contributed by atoms with Gasteiger partial charge in [-0.15, -0.1) is 11.3 Å². The normalized spacial score (nSPS) is 20.3. The molecular weight excluding hydrogens is 444 g/mol. The second-order valence-electron chi connectivity index (χ2n) is 8.03. The molecule has 0 radical (unpaired) electrons. The number of aryl methyl sites for hydroxylation is 1. The van der Waals surface area contributed by atoms with Crippen LogP contribution in [0.4, 0.5) is 0 Å². The first-order chi connectivity index (χ1) is 14.0. The second kappa shape index (κ2) is 7.29. The number of fused-ring (bicyclic) bond motifs is 3. The summed E-state index contributed by atoms with van der Waals surface area (Å²) in [6.07, 6.45) is 0.682. The average molecular weight is 467 g/mol. The number of nitrogens with zero attached hydrogens (tertiary/aromatic N) is 2. The summed E-state index contributed by atoms with van der Waals surface area (Å²) in [5.74, 6) is 1.46. The summed E-state index contributed by atoms with van der Waals surface area (Å²) in [5.41, 5.74) is 4.82. The molecule has 3 nitrogen and oxygen atoms in total. The quantitative estimate of drug-likeness (QED) is 0.408. The van der Waals surface area contributed by atoms with Crippen molar-refractivity contribution >= 4 is 33.0 Å². The predicted octanol–water partition coefficient (Wildman–Crippen LogP) is 7.18. The first kappa shape index (κ1) is 18.9. The number of benzene rings is 2. The summed E-state index contributed by atoms with van der Waals surface area (Å²) in [6.45, 7) is 6.58. The topological polar surface area (TPSA) is 24.8 Å². The van der Waals surface area contributed by atoms with Crippen molar-refractivity contribution < 1.29 is 4.74 Å². The van der Waals surface area contributed by atoms with Crippen molar-refractivity contribution in [3.05, 3.63) is 85.5 Å². The van der Waals surface area contributed by atoms with Gasteiger partial charge in [-0.3, -0.25) is 0 Å². The van der Waals surface area contributed by atoms with E-state index >= 15 is 0 Å². The van der Waals surface area contributed by atoms with E-state index in [0.717, 1.165) is 27.9 Å². The summed E-state index contributed by atoms with van der Waals surface area (Å²) in [6, 6.07) is 19.6. The third-order valence-electron chi connectivity index (χ3n) is 5.66. The molecule has 5 heteroatoms. The Morgan fingerprint density at radius 1 is 1.10 bits per heavy atom. The SMILES string of the molecule is Cc1ccc(C2=NN3[C@@H](C2)c2cc(Br)ccc2O[C@H]3c2ccc(C(C)C)cc2)s1. The zero-order valence-electron chi connectivity index (χ0n) is 16.7. The lowest BCUT2D eigenvalue weighted by molar-refractivity contribution is -0.0190. The van der Waals surface area contributed by atoms with Crippen LogP contribution in [0, 0.1) is 6.92 Å². The fraction of sp³-hybridized carbons (Fsp3) is 0.292. The number of ether oxygens (including phenoxy) is 1. The molecule has 0 N–H and O–H groups in total. The minimum atomic E-state index is -0.214. The molecule has 0 saturated carbocycles. The van der Waals surface area contributed by atoms with Crippen LogP contribution in [-0.2, 0) is 0 Å². The second-order valence-corrected chi connectivity index (χ2v) is 10.2. The molecule has 0 bridgehead atoms. The van der Waals surface area contributed by atoms with Gasteiger partial charge in [0.1, 0.15) is 5.75 Å². The van der Waals surface area contributed by atoms with Crippen LogP contribution in [0.25, 0.3) is 0 Å². The van der Waals surface area contributed by atoms with E-state index < -0.39 is 0 Å². The van der Waals surface area contributed by atoms with E-state index in [4.69, 9.17) is 9.84 Å². The van der Waals surface area contributed by atoms with Crippen LogP contribution in [0.1, 0.15) is 64.9 Å². The number of rotatable bonds is 3. The number of thiophene rings is 1. The summed E-state index contributed by atoms with van der Waals surface area (Å²) in [7, 11) is 0. The molecule has 2 aliphatic heterocycles. The number of halogens is 1. The van der Waals surface area contributed by atoms with Crippen molar-refractivity contribution in [2.24, 2.45) is 5.10 Å². The highest BCUT2D eigenvalue weighted by Crippen LogP contribution is 2.48. The molecule has 2 atom stereocenters. The van der Waals surface area contributed by atoms with Crippen LogP contribution in [0.5, 0.6) is 5.75 Å². The zero-order valence-corrected chi connectivity index (χ0v) is 19.1. The van der Waals surface area contributed by atoms with E-state index in [9.17, 15) is 0 Å². The van der Waals surface area contributed by atoms with E-state index in [1.54, 1.807) is 0 Å². The maximum Gasteiger partial charge on any atom is 0.213 e. The van der Waals surface area contributed by atoms with Gasteiger partial charge in [0.05, 0.1) is 16.6 Å². The Morgan fingerprint density at radius 3 is 2.59 bits per heavy atom. The molecule has 2 aliphatic rings. The molecule has 29 heavy (non-hydrogen) atoms. The van der Waals surface area contributed by atoms with E-state index in [-0.39, 0.29) is 12.3 Å². The van der Waals surface area contributed by atoms with Crippen LogP contribution in [0.2, 0.25) is 0 Å². The molecule has 3 aromatic rings. The van der Waals surface area contributed by atoms with Crippen molar-refractivity contribution in [1.29, 1.82) is 0 Å². The Balaban J connectivity index is 1.57. The lowest BCUT2D eigenvalue weighted by atomic mass is 9.97. The van der Waals surface area contributed by atoms with Gasteiger partial charge >= 0.3 is 0 Å². The highest BCUT2D eigenvalue weighted by atomic mass is 79.9. The smallest absolute Gasteiger partial charge is 0.213 e. The molecule has 2 aromatic carbocycles. The Hall–Kier alpha value is -2.11. The van der Waals surface area contributed by atoms with Crippen LogP contribution < -0.4 is 4.74 Å². The Labute approximate surface area is 184 Å². The molecule has 0 amide bonds. The maximum atomic E-state index is 6.48. The Morgan fingerprint density at radius 2 is 1.90 bits per heavy atom. The van der Waals surface area contributed by atoms with Gasteiger partial charge in [-0.2, -0.15) is 5.10 Å². The van der Waals surface area contributed by atoms with E-state index in [1.807, 2.05) is 17.4 Å². The van der Waals surface area contributed by atoms with Crippen LogP contribution in [0.15, 0.2) is 64.2 Å². The molecule has 5 rings (SSSR count). The van der Waals surface area contributed by atoms with Crippen molar-refractivity contribution in [3.63, 3.8) is 0 Å². The molecule has 0 aliphatic carbocycles. The van der Waals surface area contributed by atoms with Crippen molar-refractivity contribution in [2.45, 2.75) is 45.4 Å². The van der Waals surface area contributed by atoms with E-state index in [0.29, 0.717) is 5.92 Å². The van der Waals surface area contributed by atoms with Crippen molar-refractivity contribution in [2.75, 3.05) is 0 Å². The van der Waals surface area contributed by atoms with Gasteiger partial charge in [0.25, 0.3) is 0 Å². The monoisotopic (exact) mass is 466 g/mol. The summed E-state index contributed by atoms with van der Waals surface area (Å²) in [4.78, 5) is 2.56. The minimum absolute atomic E-state index is 0.184. The fourth-order valence-electron chi connectivity index (χ4n) is 4.06. The lowest BCUT2D eigenvalue weighted by Gasteiger charge is -2.38. The third kappa shape index (κ3) is 3.40. The molecule has 0 unspecified atom stereocenters. The number of hydrazone groups is 1. The van der Waals surface area contributed by atoms with Gasteiger partial charge in [-0.25, -0.2) is 5.01 Å². The molecule has 1 aromatic heterocycles. The number of hydrogen-bond donors (Lipinski definition) is 0. The molecule has 0 saturated heterocycles. The van der Waals surface area contributed by atoms with Crippen LogP contribution >= 0.6 is 27.3 Å². The van der Waals surface area contributed by atoms with E-state index in [1.165, 1.54) is 20.9 Å². The fourth-order valence-corrected chi connectivity index (χ4v) is 5.30. The average Bonchev–Trinajstić information content (AvgIpc) is 3.34. The van der Waals surface area contributed by atoms with E-state index in [2.05, 4.69) is 90.2 Å². The van der Waals surface area contributed by atoms with Gasteiger partial charge in [0.15, 0.2) is 0 Å². The molecule has 0 fully saturated rings. The molecular formula is C24H23BrN2OS. The standard InChI is InChI=1S/C24H23BrN2OS/c1-14(2)16-5-7-17(8-6-16)24-27-21(19-12-18(25)9-10-22(19)28-24)13-20(26-27)23-11-4-15(3)29-23/h4-12,14,21,24H,13H2,1-3H3/t21-,24-/m0/s1. The highest BCUT2D eigenvalue weighted by Gasteiger charge is 2.41. The summed E-state index contributed by atoms with van der Waals surface area (Å²) in [5, 5.41) is 7.21. The lowest BCUT2D eigenvalue weighted by Crippen LogP contribution is -2.33.